The Balaban J connectivity index is 1.54. The number of carbonyl (C=O) groups is 1. The Bertz CT molecular complexity index is 460. The Morgan fingerprint density at radius 2 is 2.22 bits per heavy atom. The molecule has 2 atom stereocenters. The molecule has 0 aromatic rings. The van der Waals surface area contributed by atoms with Gasteiger partial charge in [-0.05, 0) is 65.5 Å². The molecule has 2 fully saturated rings. The molecular formula is C19H32N2O2. The molecule has 3 rings (SSSR count). The van der Waals surface area contributed by atoms with E-state index in [1.165, 1.54) is 24.8 Å². The molecule has 1 amide bonds. The van der Waals surface area contributed by atoms with Gasteiger partial charge in [0, 0.05) is 26.1 Å². The fraction of sp³-hybridized carbons (Fsp3) is 0.842. The van der Waals surface area contributed by atoms with Crippen LogP contribution in [0.3, 0.4) is 0 Å². The number of ether oxygens (including phenoxy) is 1. The highest BCUT2D eigenvalue weighted by Gasteiger charge is 2.44. The summed E-state index contributed by atoms with van der Waals surface area (Å²) in [7, 11) is 4.21. The van der Waals surface area contributed by atoms with Crippen LogP contribution in [0.2, 0.25) is 0 Å². The van der Waals surface area contributed by atoms with E-state index in [2.05, 4.69) is 30.0 Å². The Labute approximate surface area is 140 Å². The topological polar surface area (TPSA) is 32.8 Å². The minimum absolute atomic E-state index is 0.0600. The van der Waals surface area contributed by atoms with Crippen LogP contribution in [0.5, 0.6) is 0 Å². The molecule has 1 aliphatic carbocycles. The van der Waals surface area contributed by atoms with Gasteiger partial charge in [0.2, 0.25) is 5.91 Å². The third-order valence-corrected chi connectivity index (χ3v) is 5.58. The van der Waals surface area contributed by atoms with E-state index >= 15 is 0 Å². The first-order valence-electron chi connectivity index (χ1n) is 9.35. The number of hydrogen-bond donors (Lipinski definition) is 0. The van der Waals surface area contributed by atoms with E-state index < -0.39 is 0 Å². The van der Waals surface area contributed by atoms with Gasteiger partial charge in [0.15, 0.2) is 0 Å². The van der Waals surface area contributed by atoms with Crippen LogP contribution in [0.1, 0.15) is 57.8 Å². The normalized spacial score (nSPS) is 31.7. The zero-order valence-electron chi connectivity index (χ0n) is 14.9. The minimum Gasteiger partial charge on any atom is -0.369 e. The second-order valence-corrected chi connectivity index (χ2v) is 7.93. The van der Waals surface area contributed by atoms with Crippen LogP contribution < -0.4 is 0 Å². The van der Waals surface area contributed by atoms with Crippen molar-refractivity contribution in [3.05, 3.63) is 11.6 Å². The summed E-state index contributed by atoms with van der Waals surface area (Å²) >= 11 is 0. The summed E-state index contributed by atoms with van der Waals surface area (Å²) in [6, 6.07) is 0. The smallest absolute Gasteiger partial charge is 0.226 e. The van der Waals surface area contributed by atoms with Crippen molar-refractivity contribution in [3.8, 4) is 0 Å². The third kappa shape index (κ3) is 4.36. The SMILES string of the molecule is CN(C)C[C@H]1CCC[C@]2(CCN(C(=O)CC3=CCCCC3)C2)O1. The number of likely N-dealkylation sites (tertiary alicyclic amines) is 1. The zero-order valence-corrected chi connectivity index (χ0v) is 14.9. The van der Waals surface area contributed by atoms with Crippen LogP contribution in [0.15, 0.2) is 11.6 Å². The van der Waals surface area contributed by atoms with Gasteiger partial charge in [-0.1, -0.05) is 11.6 Å². The molecule has 3 aliphatic rings. The number of hydrogen-bond acceptors (Lipinski definition) is 3. The lowest BCUT2D eigenvalue weighted by molar-refractivity contribution is -0.139. The number of likely N-dealkylation sites (N-methyl/N-ethyl adjacent to an activating group) is 1. The summed E-state index contributed by atoms with van der Waals surface area (Å²) in [5.74, 6) is 0.313. The van der Waals surface area contributed by atoms with E-state index in [1.807, 2.05) is 0 Å². The summed E-state index contributed by atoms with van der Waals surface area (Å²) in [4.78, 5) is 16.9. The second-order valence-electron chi connectivity index (χ2n) is 7.93. The third-order valence-electron chi connectivity index (χ3n) is 5.58. The zero-order chi connectivity index (χ0) is 16.3. The highest BCUT2D eigenvalue weighted by molar-refractivity contribution is 5.79. The summed E-state index contributed by atoms with van der Waals surface area (Å²) in [6.45, 7) is 2.67. The van der Waals surface area contributed by atoms with Crippen molar-refractivity contribution >= 4 is 5.91 Å². The molecule has 0 radical (unpaired) electrons. The summed E-state index contributed by atoms with van der Waals surface area (Å²) in [5, 5.41) is 0. The quantitative estimate of drug-likeness (QED) is 0.747. The van der Waals surface area contributed by atoms with Crippen molar-refractivity contribution in [2.75, 3.05) is 33.7 Å². The molecule has 0 aromatic carbocycles. The van der Waals surface area contributed by atoms with Crippen molar-refractivity contribution in [2.24, 2.45) is 0 Å². The first-order chi connectivity index (χ1) is 11.1. The molecule has 0 unspecified atom stereocenters. The van der Waals surface area contributed by atoms with Crippen LogP contribution in [0, 0.1) is 0 Å². The lowest BCUT2D eigenvalue weighted by atomic mass is 9.90. The van der Waals surface area contributed by atoms with Crippen LogP contribution in [0.4, 0.5) is 0 Å². The average molecular weight is 320 g/mol. The van der Waals surface area contributed by atoms with Gasteiger partial charge in [-0.3, -0.25) is 4.79 Å². The molecule has 1 spiro atoms. The first-order valence-corrected chi connectivity index (χ1v) is 9.35. The van der Waals surface area contributed by atoms with Gasteiger partial charge in [-0.2, -0.15) is 0 Å². The van der Waals surface area contributed by atoms with Gasteiger partial charge in [-0.15, -0.1) is 0 Å². The summed E-state index contributed by atoms with van der Waals surface area (Å²) < 4.78 is 6.47. The van der Waals surface area contributed by atoms with Gasteiger partial charge in [0.1, 0.15) is 0 Å². The molecule has 0 saturated carbocycles. The fourth-order valence-corrected chi connectivity index (χ4v) is 4.39. The van der Waals surface area contributed by atoms with Gasteiger partial charge in [0.05, 0.1) is 11.7 Å². The van der Waals surface area contributed by atoms with E-state index in [0.29, 0.717) is 18.4 Å². The van der Waals surface area contributed by atoms with Crippen LogP contribution >= 0.6 is 0 Å². The molecular weight excluding hydrogens is 288 g/mol. The predicted molar refractivity (Wildman–Crippen MR) is 92.4 cm³/mol. The maximum absolute atomic E-state index is 12.6. The average Bonchev–Trinajstić information content (AvgIpc) is 2.91. The van der Waals surface area contributed by atoms with Crippen LogP contribution in [0.25, 0.3) is 0 Å². The summed E-state index contributed by atoms with van der Waals surface area (Å²) in [5.41, 5.74) is 1.30. The molecule has 2 saturated heterocycles. The molecule has 4 heteroatoms. The van der Waals surface area contributed by atoms with Gasteiger partial charge < -0.3 is 14.5 Å². The number of nitrogens with zero attached hydrogens (tertiary/aromatic N) is 2. The molecule has 0 aromatic heterocycles. The maximum atomic E-state index is 12.6. The molecule has 4 nitrogen and oxygen atoms in total. The molecule has 2 heterocycles. The number of amides is 1. The molecule has 23 heavy (non-hydrogen) atoms. The molecule has 0 N–H and O–H groups in total. The Morgan fingerprint density at radius 3 is 2.96 bits per heavy atom. The maximum Gasteiger partial charge on any atom is 0.226 e. The molecule has 130 valence electrons. The van der Waals surface area contributed by atoms with E-state index in [1.54, 1.807) is 0 Å². The summed E-state index contributed by atoms with van der Waals surface area (Å²) in [6.07, 6.45) is 12.6. The highest BCUT2D eigenvalue weighted by Crippen LogP contribution is 2.37. The fourth-order valence-electron chi connectivity index (χ4n) is 4.39. The van der Waals surface area contributed by atoms with E-state index in [4.69, 9.17) is 4.74 Å². The monoisotopic (exact) mass is 320 g/mol. The van der Waals surface area contributed by atoms with E-state index in [-0.39, 0.29) is 5.60 Å². The molecule has 2 aliphatic heterocycles. The van der Waals surface area contributed by atoms with Gasteiger partial charge in [0.25, 0.3) is 0 Å². The standard InChI is InChI=1S/C19H32N2O2/c1-20(2)14-17-9-6-10-19(23-17)11-12-21(15-19)18(22)13-16-7-4-3-5-8-16/h7,17H,3-6,8-15H2,1-2H3/t17-,19-/m1/s1. The number of allylic oxidation sites excluding steroid dienone is 1. The first kappa shape index (κ1) is 17.0. The molecule has 0 bridgehead atoms. The highest BCUT2D eigenvalue weighted by atomic mass is 16.5. The van der Waals surface area contributed by atoms with E-state index in [0.717, 1.165) is 51.7 Å². The van der Waals surface area contributed by atoms with Gasteiger partial charge >= 0.3 is 0 Å². The number of carbonyl (C=O) groups excluding carboxylic acids is 1. The van der Waals surface area contributed by atoms with Crippen molar-refractivity contribution in [1.82, 2.24) is 9.80 Å². The van der Waals surface area contributed by atoms with E-state index in [9.17, 15) is 4.79 Å². The predicted octanol–water partition coefficient (Wildman–Crippen LogP) is 2.98. The van der Waals surface area contributed by atoms with Gasteiger partial charge in [-0.25, -0.2) is 0 Å². The van der Waals surface area contributed by atoms with Crippen LogP contribution in [-0.2, 0) is 9.53 Å². The van der Waals surface area contributed by atoms with Crippen LogP contribution in [-0.4, -0.2) is 61.1 Å². The lowest BCUT2D eigenvalue weighted by Gasteiger charge is -2.39. The lowest BCUT2D eigenvalue weighted by Crippen LogP contribution is -2.46. The van der Waals surface area contributed by atoms with Crippen molar-refractivity contribution in [2.45, 2.75) is 69.5 Å². The Morgan fingerprint density at radius 1 is 1.35 bits per heavy atom. The second kappa shape index (κ2) is 7.35. The largest absolute Gasteiger partial charge is 0.369 e. The van der Waals surface area contributed by atoms with Crippen molar-refractivity contribution in [1.29, 1.82) is 0 Å². The Hall–Kier alpha value is -0.870. The van der Waals surface area contributed by atoms with Crippen molar-refractivity contribution in [3.63, 3.8) is 0 Å². The Kier molecular flexibility index (Phi) is 5.42. The minimum atomic E-state index is -0.0600. The number of rotatable bonds is 4. The van der Waals surface area contributed by atoms with Crippen molar-refractivity contribution < 1.29 is 9.53 Å².